The van der Waals surface area contributed by atoms with E-state index in [0.717, 1.165) is 12.5 Å². The maximum Gasteiger partial charge on any atom is 0.107 e. The van der Waals surface area contributed by atoms with Crippen molar-refractivity contribution in [3.05, 3.63) is 16.6 Å². The van der Waals surface area contributed by atoms with Crippen LogP contribution in [0.25, 0.3) is 0 Å². The van der Waals surface area contributed by atoms with Gasteiger partial charge in [0, 0.05) is 35.7 Å². The van der Waals surface area contributed by atoms with E-state index in [1.165, 1.54) is 63.0 Å². The maximum atomic E-state index is 4.55. The number of nitrogens with zero attached hydrogens (tertiary/aromatic N) is 2. The van der Waals surface area contributed by atoms with Gasteiger partial charge in [0.05, 0.1) is 6.54 Å². The lowest BCUT2D eigenvalue weighted by Gasteiger charge is -2.55. The summed E-state index contributed by atoms with van der Waals surface area (Å²) < 4.78 is 0. The first-order valence-electron chi connectivity index (χ1n) is 8.59. The molecule has 3 fully saturated rings. The summed E-state index contributed by atoms with van der Waals surface area (Å²) in [5.74, 6) is 0.900. The topological polar surface area (TPSA) is 28.2 Å². The Morgan fingerprint density at radius 2 is 2.14 bits per heavy atom. The molecule has 1 N–H and O–H groups in total. The molecule has 0 amide bonds. The van der Waals surface area contributed by atoms with Crippen LogP contribution in [0.5, 0.6) is 0 Å². The zero-order chi connectivity index (χ0) is 14.3. The summed E-state index contributed by atoms with van der Waals surface area (Å²) in [6, 6.07) is 0. The molecule has 3 aliphatic rings. The van der Waals surface area contributed by atoms with Crippen molar-refractivity contribution >= 4 is 11.3 Å². The van der Waals surface area contributed by atoms with Gasteiger partial charge in [0.2, 0.25) is 0 Å². The molecule has 0 bridgehead atoms. The average Bonchev–Trinajstić information content (AvgIpc) is 3.25. The van der Waals surface area contributed by atoms with Gasteiger partial charge >= 0.3 is 0 Å². The molecule has 2 aliphatic carbocycles. The summed E-state index contributed by atoms with van der Waals surface area (Å²) in [5, 5.41) is 7.38. The summed E-state index contributed by atoms with van der Waals surface area (Å²) in [6.45, 7) is 5.90. The molecule has 1 aliphatic heterocycles. The Kier molecular flexibility index (Phi) is 3.59. The van der Waals surface area contributed by atoms with Crippen LogP contribution >= 0.6 is 11.3 Å². The van der Waals surface area contributed by atoms with Crippen LogP contribution in [0.3, 0.4) is 0 Å². The Morgan fingerprint density at radius 1 is 1.33 bits per heavy atom. The van der Waals surface area contributed by atoms with E-state index in [2.05, 4.69) is 27.5 Å². The average molecular weight is 305 g/mol. The van der Waals surface area contributed by atoms with Crippen molar-refractivity contribution in [2.45, 2.75) is 69.5 Å². The second-order valence-electron chi connectivity index (χ2n) is 7.61. The van der Waals surface area contributed by atoms with E-state index in [1.807, 2.05) is 17.5 Å². The molecule has 2 saturated carbocycles. The number of rotatable bonds is 3. The van der Waals surface area contributed by atoms with Gasteiger partial charge in [0.25, 0.3) is 0 Å². The number of thiazole rings is 1. The van der Waals surface area contributed by atoms with Gasteiger partial charge in [0.1, 0.15) is 5.01 Å². The van der Waals surface area contributed by atoms with Gasteiger partial charge in [-0.25, -0.2) is 4.98 Å². The molecule has 1 spiro atoms. The van der Waals surface area contributed by atoms with Crippen LogP contribution in [-0.4, -0.2) is 34.1 Å². The zero-order valence-corrected chi connectivity index (χ0v) is 13.9. The smallest absolute Gasteiger partial charge is 0.107 e. The van der Waals surface area contributed by atoms with Crippen molar-refractivity contribution in [2.24, 2.45) is 5.92 Å². The molecule has 1 saturated heterocycles. The molecule has 0 radical (unpaired) electrons. The second-order valence-corrected chi connectivity index (χ2v) is 8.59. The van der Waals surface area contributed by atoms with E-state index in [4.69, 9.17) is 0 Å². The molecule has 116 valence electrons. The largest absolute Gasteiger partial charge is 0.308 e. The summed E-state index contributed by atoms with van der Waals surface area (Å²) in [5.41, 5.74) is 0.734. The summed E-state index contributed by atoms with van der Waals surface area (Å²) >= 11 is 1.81. The third kappa shape index (κ3) is 2.66. The van der Waals surface area contributed by atoms with Crippen LogP contribution in [-0.2, 0) is 6.54 Å². The van der Waals surface area contributed by atoms with E-state index in [9.17, 15) is 0 Å². The van der Waals surface area contributed by atoms with Crippen molar-refractivity contribution < 1.29 is 0 Å². The fraction of sp³-hybridized carbons (Fsp3) is 0.824. The Hall–Kier alpha value is -0.450. The SMILES string of the molecule is CC1(C2CC2)CN(Cc2nccs2)C2(CCCCC2)CN1. The number of piperazine rings is 1. The Morgan fingerprint density at radius 3 is 2.81 bits per heavy atom. The molecule has 1 atom stereocenters. The highest BCUT2D eigenvalue weighted by molar-refractivity contribution is 7.09. The predicted molar refractivity (Wildman–Crippen MR) is 87.5 cm³/mol. The summed E-state index contributed by atoms with van der Waals surface area (Å²) in [7, 11) is 0. The molecule has 1 aromatic heterocycles. The second kappa shape index (κ2) is 5.32. The molecule has 21 heavy (non-hydrogen) atoms. The molecule has 4 heteroatoms. The van der Waals surface area contributed by atoms with E-state index in [0.29, 0.717) is 11.1 Å². The van der Waals surface area contributed by atoms with Crippen molar-refractivity contribution in [3.8, 4) is 0 Å². The number of nitrogens with one attached hydrogen (secondary N) is 1. The van der Waals surface area contributed by atoms with Gasteiger partial charge in [0.15, 0.2) is 0 Å². The normalized spacial score (nSPS) is 33.4. The molecule has 2 heterocycles. The summed E-state index contributed by atoms with van der Waals surface area (Å²) in [4.78, 5) is 7.36. The van der Waals surface area contributed by atoms with Crippen LogP contribution in [0.1, 0.15) is 56.9 Å². The fourth-order valence-corrected chi connectivity index (χ4v) is 5.14. The lowest BCUT2D eigenvalue weighted by atomic mass is 9.76. The predicted octanol–water partition coefficient (Wildman–Crippen LogP) is 3.42. The van der Waals surface area contributed by atoms with Gasteiger partial charge < -0.3 is 5.32 Å². The first-order valence-corrected chi connectivity index (χ1v) is 9.47. The Bertz CT molecular complexity index is 476. The van der Waals surface area contributed by atoms with E-state index in [1.54, 1.807) is 0 Å². The van der Waals surface area contributed by atoms with Crippen LogP contribution in [0.4, 0.5) is 0 Å². The van der Waals surface area contributed by atoms with Crippen molar-refractivity contribution in [2.75, 3.05) is 13.1 Å². The van der Waals surface area contributed by atoms with E-state index in [-0.39, 0.29) is 0 Å². The van der Waals surface area contributed by atoms with Gasteiger partial charge in [-0.05, 0) is 38.5 Å². The maximum absolute atomic E-state index is 4.55. The lowest BCUT2D eigenvalue weighted by molar-refractivity contribution is -0.0265. The minimum Gasteiger partial charge on any atom is -0.308 e. The highest BCUT2D eigenvalue weighted by Gasteiger charge is 2.51. The molecule has 3 nitrogen and oxygen atoms in total. The molecular weight excluding hydrogens is 278 g/mol. The molecule has 1 unspecified atom stereocenters. The van der Waals surface area contributed by atoms with E-state index < -0.39 is 0 Å². The zero-order valence-electron chi connectivity index (χ0n) is 13.1. The van der Waals surface area contributed by atoms with Crippen LogP contribution in [0.2, 0.25) is 0 Å². The Labute approximate surface area is 132 Å². The first kappa shape index (κ1) is 14.2. The van der Waals surface area contributed by atoms with Gasteiger partial charge in [-0.2, -0.15) is 0 Å². The van der Waals surface area contributed by atoms with Crippen LogP contribution < -0.4 is 5.32 Å². The monoisotopic (exact) mass is 305 g/mol. The quantitative estimate of drug-likeness (QED) is 0.927. The van der Waals surface area contributed by atoms with Gasteiger partial charge in [-0.15, -0.1) is 11.3 Å². The molecule has 1 aromatic rings. The van der Waals surface area contributed by atoms with Crippen molar-refractivity contribution in [1.82, 2.24) is 15.2 Å². The number of hydrogen-bond donors (Lipinski definition) is 1. The van der Waals surface area contributed by atoms with Gasteiger partial charge in [-0.3, -0.25) is 4.90 Å². The number of hydrogen-bond acceptors (Lipinski definition) is 4. The third-order valence-electron chi connectivity index (χ3n) is 6.08. The fourth-order valence-electron chi connectivity index (χ4n) is 4.51. The van der Waals surface area contributed by atoms with Gasteiger partial charge in [-0.1, -0.05) is 19.3 Å². The van der Waals surface area contributed by atoms with Crippen molar-refractivity contribution in [1.29, 1.82) is 0 Å². The molecular formula is C17H27N3S. The van der Waals surface area contributed by atoms with Crippen LogP contribution in [0, 0.1) is 5.92 Å². The molecule has 4 rings (SSSR count). The van der Waals surface area contributed by atoms with E-state index >= 15 is 0 Å². The minimum absolute atomic E-state index is 0.333. The van der Waals surface area contributed by atoms with Crippen LogP contribution in [0.15, 0.2) is 11.6 Å². The number of aromatic nitrogens is 1. The highest BCUT2D eigenvalue weighted by atomic mass is 32.1. The molecule has 0 aromatic carbocycles. The minimum atomic E-state index is 0.333. The summed E-state index contributed by atoms with van der Waals surface area (Å²) in [6.07, 6.45) is 11.7. The third-order valence-corrected chi connectivity index (χ3v) is 6.85. The first-order chi connectivity index (χ1) is 10.2. The Balaban J connectivity index is 1.57. The highest BCUT2D eigenvalue weighted by Crippen LogP contribution is 2.45. The standard InChI is InChI=1S/C17H27N3S/c1-16(14-5-6-14)13-20(11-15-18-9-10-21-15)17(12-19-16)7-3-2-4-8-17/h9-10,14,19H,2-8,11-13H2,1H3. The van der Waals surface area contributed by atoms with Crippen molar-refractivity contribution in [3.63, 3.8) is 0 Å². The lowest BCUT2D eigenvalue weighted by Crippen LogP contribution is -2.70.